The van der Waals surface area contributed by atoms with Gasteiger partial charge in [-0.25, -0.2) is 9.97 Å². The van der Waals surface area contributed by atoms with Crippen LogP contribution in [0.15, 0.2) is 62.9 Å². The SMILES string of the molecule is COc1cccc(CN2CCc3nc(SCc4nc(-c5ccc(C)cc5)oc4C)[nH]c(=O)c3C2)c1. The molecule has 0 bridgehead atoms. The molecular formula is C27H28N4O3S. The summed E-state index contributed by atoms with van der Waals surface area (Å²) < 4.78 is 11.2. The minimum Gasteiger partial charge on any atom is -0.497 e. The Labute approximate surface area is 208 Å². The van der Waals surface area contributed by atoms with Gasteiger partial charge in [0.1, 0.15) is 11.5 Å². The lowest BCUT2D eigenvalue weighted by Crippen LogP contribution is -2.35. The van der Waals surface area contributed by atoms with Crippen LogP contribution in [0.1, 0.15) is 33.8 Å². The number of fused-ring (bicyclic) bond motifs is 1. The first-order valence-corrected chi connectivity index (χ1v) is 12.6. The summed E-state index contributed by atoms with van der Waals surface area (Å²) >= 11 is 1.48. The molecule has 0 atom stereocenters. The Balaban J connectivity index is 1.26. The molecule has 8 heteroatoms. The van der Waals surface area contributed by atoms with E-state index in [4.69, 9.17) is 14.1 Å². The number of hydrogen-bond acceptors (Lipinski definition) is 7. The average Bonchev–Trinajstić information content (AvgIpc) is 3.24. The minimum absolute atomic E-state index is 0.0648. The summed E-state index contributed by atoms with van der Waals surface area (Å²) in [6.07, 6.45) is 0.747. The molecule has 1 aliphatic rings. The van der Waals surface area contributed by atoms with Gasteiger partial charge in [-0.3, -0.25) is 9.69 Å². The molecule has 0 fully saturated rings. The highest BCUT2D eigenvalue weighted by molar-refractivity contribution is 7.98. The number of hydrogen-bond donors (Lipinski definition) is 1. The number of nitrogens with one attached hydrogen (secondary N) is 1. The molecule has 0 radical (unpaired) electrons. The highest BCUT2D eigenvalue weighted by Crippen LogP contribution is 2.27. The van der Waals surface area contributed by atoms with Gasteiger partial charge in [0.2, 0.25) is 5.89 Å². The zero-order valence-corrected chi connectivity index (χ0v) is 20.9. The smallest absolute Gasteiger partial charge is 0.256 e. The molecule has 0 saturated heterocycles. The number of nitrogens with zero attached hydrogens (tertiary/aromatic N) is 3. The van der Waals surface area contributed by atoms with Gasteiger partial charge in [-0.05, 0) is 43.7 Å². The second-order valence-corrected chi connectivity index (χ2v) is 9.75. The largest absolute Gasteiger partial charge is 0.497 e. The zero-order valence-electron chi connectivity index (χ0n) is 20.1. The first-order chi connectivity index (χ1) is 17.0. The molecule has 5 rings (SSSR count). The van der Waals surface area contributed by atoms with Crippen LogP contribution in [0.2, 0.25) is 0 Å². The Kier molecular flexibility index (Phi) is 6.74. The summed E-state index contributed by atoms with van der Waals surface area (Å²) in [6.45, 7) is 6.17. The number of aryl methyl sites for hydroxylation is 2. The molecule has 1 aliphatic heterocycles. The van der Waals surface area contributed by atoms with Crippen LogP contribution >= 0.6 is 11.8 Å². The lowest BCUT2D eigenvalue weighted by molar-refractivity contribution is 0.240. The third-order valence-corrected chi connectivity index (χ3v) is 7.09. The molecule has 0 spiro atoms. The number of ether oxygens (including phenoxy) is 1. The highest BCUT2D eigenvalue weighted by Gasteiger charge is 2.22. The van der Waals surface area contributed by atoms with Gasteiger partial charge in [0.25, 0.3) is 5.56 Å². The van der Waals surface area contributed by atoms with Crippen LogP contribution in [0.4, 0.5) is 0 Å². The number of thioether (sulfide) groups is 1. The van der Waals surface area contributed by atoms with Crippen molar-refractivity contribution in [1.82, 2.24) is 19.9 Å². The van der Waals surface area contributed by atoms with Gasteiger partial charge in [-0.2, -0.15) is 0 Å². The third-order valence-electron chi connectivity index (χ3n) is 6.20. The van der Waals surface area contributed by atoms with Crippen LogP contribution in [0, 0.1) is 13.8 Å². The second kappa shape index (κ2) is 10.1. The number of oxazole rings is 1. The lowest BCUT2D eigenvalue weighted by atomic mass is 10.1. The van der Waals surface area contributed by atoms with Crippen molar-refractivity contribution >= 4 is 11.8 Å². The standard InChI is InChI=1S/C27H28N4O3S/c1-17-7-9-20(10-8-17)26-28-24(18(2)34-26)16-35-27-29-23-11-12-31(15-22(23)25(32)30-27)14-19-5-4-6-21(13-19)33-3/h4-10,13H,11-12,14-16H2,1-3H3,(H,29,30,32). The normalized spacial score (nSPS) is 13.6. The molecule has 0 aliphatic carbocycles. The van der Waals surface area contributed by atoms with E-state index in [1.807, 2.05) is 49.4 Å². The van der Waals surface area contributed by atoms with Crippen LogP contribution in [0.25, 0.3) is 11.5 Å². The molecule has 0 unspecified atom stereocenters. The summed E-state index contributed by atoms with van der Waals surface area (Å²) in [4.78, 5) is 27.6. The number of H-pyrrole nitrogens is 1. The third kappa shape index (κ3) is 5.33. The molecular weight excluding hydrogens is 460 g/mol. The first kappa shape index (κ1) is 23.4. The molecule has 1 N–H and O–H groups in total. The molecule has 3 heterocycles. The monoisotopic (exact) mass is 488 g/mol. The van der Waals surface area contributed by atoms with Crippen molar-refractivity contribution in [3.05, 3.63) is 92.7 Å². The Hall–Kier alpha value is -3.36. The Bertz CT molecular complexity index is 1390. The summed E-state index contributed by atoms with van der Waals surface area (Å²) in [5, 5.41) is 0.620. The van der Waals surface area contributed by atoms with E-state index in [9.17, 15) is 4.79 Å². The van der Waals surface area contributed by atoms with Crippen molar-refractivity contribution in [3.8, 4) is 17.2 Å². The van der Waals surface area contributed by atoms with E-state index in [1.165, 1.54) is 17.3 Å². The predicted octanol–water partition coefficient (Wildman–Crippen LogP) is 4.90. The quantitative estimate of drug-likeness (QED) is 0.293. The number of benzene rings is 2. The van der Waals surface area contributed by atoms with Gasteiger partial charge in [0, 0.05) is 37.4 Å². The van der Waals surface area contributed by atoms with Crippen LogP contribution < -0.4 is 10.3 Å². The van der Waals surface area contributed by atoms with Crippen molar-refractivity contribution < 1.29 is 9.15 Å². The summed E-state index contributed by atoms with van der Waals surface area (Å²) in [5.41, 5.74) is 5.74. The van der Waals surface area contributed by atoms with Gasteiger partial charge < -0.3 is 14.1 Å². The minimum atomic E-state index is -0.0648. The number of methoxy groups -OCH3 is 1. The summed E-state index contributed by atoms with van der Waals surface area (Å²) in [7, 11) is 1.67. The topological polar surface area (TPSA) is 84.2 Å². The van der Waals surface area contributed by atoms with Crippen molar-refractivity contribution in [1.29, 1.82) is 0 Å². The molecule has 180 valence electrons. The van der Waals surface area contributed by atoms with Gasteiger partial charge >= 0.3 is 0 Å². The number of aromatic nitrogens is 3. The molecule has 7 nitrogen and oxygen atoms in total. The molecule has 2 aromatic heterocycles. The average molecular weight is 489 g/mol. The predicted molar refractivity (Wildman–Crippen MR) is 137 cm³/mol. The van der Waals surface area contributed by atoms with Gasteiger partial charge in [-0.1, -0.05) is 41.6 Å². The van der Waals surface area contributed by atoms with E-state index in [0.717, 1.165) is 59.1 Å². The van der Waals surface area contributed by atoms with Crippen molar-refractivity contribution in [2.24, 2.45) is 0 Å². The van der Waals surface area contributed by atoms with Crippen LogP contribution in [0.5, 0.6) is 5.75 Å². The Morgan fingerprint density at radius 2 is 1.97 bits per heavy atom. The fourth-order valence-corrected chi connectivity index (χ4v) is 5.09. The highest BCUT2D eigenvalue weighted by atomic mass is 32.2. The van der Waals surface area contributed by atoms with Gasteiger partial charge in [0.15, 0.2) is 5.16 Å². The fourth-order valence-electron chi connectivity index (χ4n) is 4.21. The van der Waals surface area contributed by atoms with E-state index < -0.39 is 0 Å². The maximum absolute atomic E-state index is 12.9. The molecule has 2 aromatic carbocycles. The number of rotatable bonds is 7. The summed E-state index contributed by atoms with van der Waals surface area (Å²) in [5.74, 6) is 2.81. The van der Waals surface area contributed by atoms with Crippen LogP contribution in [-0.4, -0.2) is 33.5 Å². The molecule has 0 amide bonds. The zero-order chi connectivity index (χ0) is 24.4. The number of aromatic amines is 1. The van der Waals surface area contributed by atoms with Crippen molar-refractivity contribution in [2.75, 3.05) is 13.7 Å². The van der Waals surface area contributed by atoms with E-state index >= 15 is 0 Å². The fraction of sp³-hybridized carbons (Fsp3) is 0.296. The van der Waals surface area contributed by atoms with Gasteiger partial charge in [-0.15, -0.1) is 0 Å². The van der Waals surface area contributed by atoms with E-state index in [-0.39, 0.29) is 5.56 Å². The summed E-state index contributed by atoms with van der Waals surface area (Å²) in [6, 6.07) is 16.2. The maximum Gasteiger partial charge on any atom is 0.256 e. The first-order valence-electron chi connectivity index (χ1n) is 11.6. The van der Waals surface area contributed by atoms with E-state index in [2.05, 4.69) is 27.9 Å². The van der Waals surface area contributed by atoms with Crippen LogP contribution in [-0.2, 0) is 25.3 Å². The van der Waals surface area contributed by atoms with Crippen molar-refractivity contribution in [3.63, 3.8) is 0 Å². The van der Waals surface area contributed by atoms with E-state index in [0.29, 0.717) is 23.3 Å². The van der Waals surface area contributed by atoms with Gasteiger partial charge in [0.05, 0.1) is 24.1 Å². The maximum atomic E-state index is 12.9. The second-order valence-electron chi connectivity index (χ2n) is 8.79. The Morgan fingerprint density at radius 1 is 1.14 bits per heavy atom. The molecule has 35 heavy (non-hydrogen) atoms. The van der Waals surface area contributed by atoms with Crippen molar-refractivity contribution in [2.45, 2.75) is 44.3 Å². The van der Waals surface area contributed by atoms with E-state index in [1.54, 1.807) is 7.11 Å². The van der Waals surface area contributed by atoms with Crippen LogP contribution in [0.3, 0.4) is 0 Å². The Morgan fingerprint density at radius 3 is 2.77 bits per heavy atom. The lowest BCUT2D eigenvalue weighted by Gasteiger charge is -2.27. The molecule has 4 aromatic rings. The molecule has 0 saturated carbocycles.